The summed E-state index contributed by atoms with van der Waals surface area (Å²) in [7, 11) is 0. The van der Waals surface area contributed by atoms with E-state index < -0.39 is 0 Å². The van der Waals surface area contributed by atoms with Gasteiger partial charge in [0.25, 0.3) is 0 Å². The first-order valence-corrected chi connectivity index (χ1v) is 10.7. The topological polar surface area (TPSA) is 9.23 Å². The molecule has 0 amide bonds. The highest BCUT2D eigenvalue weighted by molar-refractivity contribution is 5.50. The van der Waals surface area contributed by atoms with Crippen molar-refractivity contribution in [2.24, 2.45) is 5.92 Å². The fourth-order valence-electron chi connectivity index (χ4n) is 3.53. The van der Waals surface area contributed by atoms with Gasteiger partial charge in [-0.15, -0.1) is 0 Å². The van der Waals surface area contributed by atoms with Crippen LogP contribution in [-0.4, -0.2) is 6.61 Å². The predicted octanol–water partition coefficient (Wildman–Crippen LogP) is 7.88. The van der Waals surface area contributed by atoms with Crippen LogP contribution >= 0.6 is 0 Å². The van der Waals surface area contributed by atoms with Gasteiger partial charge >= 0.3 is 0 Å². The average Bonchev–Trinajstić information content (AvgIpc) is 2.42. The molecule has 0 saturated carbocycles. The number of rotatable bonds is 5. The molecule has 0 radical (unpaired) electrons. The highest BCUT2D eigenvalue weighted by atomic mass is 16.5. The van der Waals surface area contributed by atoms with Gasteiger partial charge in [-0.2, -0.15) is 0 Å². The number of ether oxygens (including phenoxy) is 1. The predicted molar refractivity (Wildman–Crippen MR) is 121 cm³/mol. The Bertz CT molecular complexity index is 593. The Hall–Kier alpha value is -0.820. The molecule has 0 unspecified atom stereocenters. The van der Waals surface area contributed by atoms with Gasteiger partial charge in [0, 0.05) is 6.61 Å². The fraction of sp³-hybridized carbons (Fsp3) is 0.769. The molecule has 1 rings (SSSR count). The van der Waals surface area contributed by atoms with Crippen molar-refractivity contribution in [3.63, 3.8) is 0 Å². The molecule has 0 bridgehead atoms. The van der Waals surface area contributed by atoms with Crippen LogP contribution in [0.2, 0.25) is 0 Å². The minimum Gasteiger partial charge on any atom is -0.371 e. The van der Waals surface area contributed by atoms with Gasteiger partial charge < -0.3 is 4.74 Å². The van der Waals surface area contributed by atoms with Gasteiger partial charge in [0.15, 0.2) is 0 Å². The summed E-state index contributed by atoms with van der Waals surface area (Å²) in [5, 5.41) is 0. The standard InChI is InChI=1S/C26H46O/c1-18(2)14-15-27-26(12,13)22-20(24(6,7)8)16-19(23(3,4)5)17-21(22)25(9,10)11/h16-18H,14-15H2,1-13H3. The zero-order chi connectivity index (χ0) is 21.4. The van der Waals surface area contributed by atoms with Crippen LogP contribution in [0.25, 0.3) is 0 Å². The summed E-state index contributed by atoms with van der Waals surface area (Å²) in [4.78, 5) is 0. The third kappa shape index (κ3) is 6.34. The van der Waals surface area contributed by atoms with Crippen LogP contribution in [0.15, 0.2) is 12.1 Å². The summed E-state index contributed by atoms with van der Waals surface area (Å²) >= 11 is 0. The molecule has 0 N–H and O–H groups in total. The molecule has 0 atom stereocenters. The summed E-state index contributed by atoms with van der Waals surface area (Å²) in [5.74, 6) is 0.660. The number of hydrogen-bond acceptors (Lipinski definition) is 1. The number of benzene rings is 1. The largest absolute Gasteiger partial charge is 0.371 e. The average molecular weight is 375 g/mol. The molecule has 0 aliphatic rings. The quantitative estimate of drug-likeness (QED) is 0.509. The third-order valence-corrected chi connectivity index (χ3v) is 5.38. The first kappa shape index (κ1) is 24.2. The second kappa shape index (κ2) is 7.90. The van der Waals surface area contributed by atoms with Gasteiger partial charge in [-0.25, -0.2) is 0 Å². The summed E-state index contributed by atoms with van der Waals surface area (Å²) in [6, 6.07) is 4.89. The van der Waals surface area contributed by atoms with Crippen LogP contribution in [0.3, 0.4) is 0 Å². The molecule has 0 heterocycles. The Balaban J connectivity index is 3.73. The van der Waals surface area contributed by atoms with Crippen molar-refractivity contribution in [1.29, 1.82) is 0 Å². The van der Waals surface area contributed by atoms with E-state index in [1.165, 1.54) is 22.3 Å². The lowest BCUT2D eigenvalue weighted by molar-refractivity contribution is -0.0284. The first-order valence-electron chi connectivity index (χ1n) is 10.7. The molecule has 0 spiro atoms. The van der Waals surface area contributed by atoms with E-state index in [0.29, 0.717) is 5.92 Å². The maximum Gasteiger partial charge on any atom is 0.0880 e. The highest BCUT2D eigenvalue weighted by Crippen LogP contribution is 2.44. The third-order valence-electron chi connectivity index (χ3n) is 5.38. The van der Waals surface area contributed by atoms with E-state index in [1.54, 1.807) is 0 Å². The highest BCUT2D eigenvalue weighted by Gasteiger charge is 2.36. The Morgan fingerprint density at radius 2 is 1.11 bits per heavy atom. The van der Waals surface area contributed by atoms with E-state index in [4.69, 9.17) is 4.74 Å². The Labute approximate surface area is 170 Å². The van der Waals surface area contributed by atoms with Crippen molar-refractivity contribution in [3.8, 4) is 0 Å². The van der Waals surface area contributed by atoms with Crippen LogP contribution in [0.1, 0.15) is 119 Å². The van der Waals surface area contributed by atoms with Gasteiger partial charge in [-0.05, 0) is 64.7 Å². The van der Waals surface area contributed by atoms with E-state index in [-0.39, 0.29) is 21.8 Å². The molecule has 0 aliphatic heterocycles. The maximum absolute atomic E-state index is 6.52. The number of hydrogen-bond donors (Lipinski definition) is 0. The van der Waals surface area contributed by atoms with E-state index in [9.17, 15) is 0 Å². The molecule has 1 aromatic carbocycles. The van der Waals surface area contributed by atoms with Gasteiger partial charge in [0.1, 0.15) is 0 Å². The molecule has 0 saturated heterocycles. The zero-order valence-corrected chi connectivity index (χ0v) is 20.6. The normalized spacial score (nSPS) is 14.1. The van der Waals surface area contributed by atoms with Crippen molar-refractivity contribution in [2.45, 2.75) is 118 Å². The molecule has 1 heteroatoms. The van der Waals surface area contributed by atoms with Gasteiger partial charge in [-0.1, -0.05) is 88.3 Å². The molecule has 27 heavy (non-hydrogen) atoms. The van der Waals surface area contributed by atoms with Crippen molar-refractivity contribution in [2.75, 3.05) is 6.61 Å². The summed E-state index contributed by atoms with van der Waals surface area (Å²) in [6.07, 6.45) is 1.10. The van der Waals surface area contributed by atoms with Gasteiger partial charge in [-0.3, -0.25) is 0 Å². The van der Waals surface area contributed by atoms with Crippen molar-refractivity contribution < 1.29 is 4.74 Å². The Morgan fingerprint density at radius 3 is 1.41 bits per heavy atom. The molecule has 1 aromatic rings. The van der Waals surface area contributed by atoms with E-state index in [1.807, 2.05) is 0 Å². The second-order valence-corrected chi connectivity index (χ2v) is 12.2. The fourth-order valence-corrected chi connectivity index (χ4v) is 3.53. The molecule has 0 aliphatic carbocycles. The molecular formula is C26H46O. The SMILES string of the molecule is CC(C)CCOC(C)(C)c1c(C(C)(C)C)cc(C(C)(C)C)cc1C(C)(C)C. The zero-order valence-electron chi connectivity index (χ0n) is 20.6. The summed E-state index contributed by atoms with van der Waals surface area (Å²) in [5.41, 5.74) is 5.60. The smallest absolute Gasteiger partial charge is 0.0880 e. The van der Waals surface area contributed by atoms with Crippen LogP contribution in [0.5, 0.6) is 0 Å². The lowest BCUT2D eigenvalue weighted by Gasteiger charge is -2.40. The lowest BCUT2D eigenvalue weighted by Crippen LogP contribution is -2.33. The summed E-state index contributed by atoms with van der Waals surface area (Å²) in [6.45, 7) is 30.7. The summed E-state index contributed by atoms with van der Waals surface area (Å²) < 4.78 is 6.52. The van der Waals surface area contributed by atoms with E-state index in [0.717, 1.165) is 13.0 Å². The monoisotopic (exact) mass is 374 g/mol. The minimum atomic E-state index is -0.309. The Kier molecular flexibility index (Phi) is 7.08. The van der Waals surface area contributed by atoms with Crippen LogP contribution in [-0.2, 0) is 26.6 Å². The van der Waals surface area contributed by atoms with E-state index in [2.05, 4.69) is 102 Å². The van der Waals surface area contributed by atoms with Gasteiger partial charge in [0.05, 0.1) is 5.60 Å². The van der Waals surface area contributed by atoms with Crippen LogP contribution in [0.4, 0.5) is 0 Å². The molecule has 1 nitrogen and oxygen atoms in total. The van der Waals surface area contributed by atoms with Crippen molar-refractivity contribution in [3.05, 3.63) is 34.4 Å². The van der Waals surface area contributed by atoms with E-state index >= 15 is 0 Å². The molecule has 0 fully saturated rings. The Morgan fingerprint density at radius 1 is 0.704 bits per heavy atom. The van der Waals surface area contributed by atoms with Crippen LogP contribution < -0.4 is 0 Å². The van der Waals surface area contributed by atoms with Crippen molar-refractivity contribution in [1.82, 2.24) is 0 Å². The molecular weight excluding hydrogens is 328 g/mol. The first-order chi connectivity index (χ1) is 11.9. The second-order valence-electron chi connectivity index (χ2n) is 12.2. The molecule has 0 aromatic heterocycles. The van der Waals surface area contributed by atoms with Crippen LogP contribution in [0, 0.1) is 5.92 Å². The lowest BCUT2D eigenvalue weighted by atomic mass is 9.69. The van der Waals surface area contributed by atoms with Crippen molar-refractivity contribution >= 4 is 0 Å². The maximum atomic E-state index is 6.52. The van der Waals surface area contributed by atoms with Gasteiger partial charge in [0.2, 0.25) is 0 Å². The molecule has 156 valence electrons. The minimum absolute atomic E-state index is 0.0648.